The van der Waals surface area contributed by atoms with Crippen LogP contribution in [-0.2, 0) is 6.42 Å². The summed E-state index contributed by atoms with van der Waals surface area (Å²) in [5.74, 6) is 0.956. The predicted octanol–water partition coefficient (Wildman–Crippen LogP) is 4.45. The molecule has 0 radical (unpaired) electrons. The van der Waals surface area contributed by atoms with Crippen LogP contribution in [0.25, 0.3) is 0 Å². The molecular formula is C18H28N2. The highest BCUT2D eigenvalue weighted by Crippen LogP contribution is 2.35. The summed E-state index contributed by atoms with van der Waals surface area (Å²) in [6.45, 7) is 5.93. The highest BCUT2D eigenvalue weighted by molar-refractivity contribution is 5.74. The molecule has 0 amide bonds. The predicted molar refractivity (Wildman–Crippen MR) is 87.7 cm³/mol. The number of nitrogens with zero attached hydrogens (tertiary/aromatic N) is 1. The third-order valence-corrected chi connectivity index (χ3v) is 4.94. The van der Waals surface area contributed by atoms with Crippen molar-refractivity contribution in [1.29, 1.82) is 0 Å². The lowest BCUT2D eigenvalue weighted by Crippen LogP contribution is -2.26. The van der Waals surface area contributed by atoms with Crippen LogP contribution in [0.15, 0.2) is 18.2 Å². The first-order chi connectivity index (χ1) is 9.88. The number of hydrogen-bond donors (Lipinski definition) is 1. The second-order valence-corrected chi connectivity index (χ2v) is 6.41. The molecule has 1 N–H and O–H groups in total. The van der Waals surface area contributed by atoms with E-state index in [9.17, 15) is 0 Å². The molecule has 0 bridgehead atoms. The van der Waals surface area contributed by atoms with Gasteiger partial charge in [-0.25, -0.2) is 0 Å². The molecule has 0 saturated carbocycles. The van der Waals surface area contributed by atoms with Crippen molar-refractivity contribution in [3.8, 4) is 0 Å². The summed E-state index contributed by atoms with van der Waals surface area (Å²) in [5.41, 5.74) is 4.40. The Morgan fingerprint density at radius 2 is 2.15 bits per heavy atom. The number of para-hydroxylation sites is 1. The molecule has 2 aliphatic heterocycles. The molecule has 20 heavy (non-hydrogen) atoms. The molecule has 2 nitrogen and oxygen atoms in total. The molecule has 3 rings (SSSR count). The van der Waals surface area contributed by atoms with E-state index in [4.69, 9.17) is 0 Å². The van der Waals surface area contributed by atoms with E-state index in [1.54, 1.807) is 0 Å². The zero-order valence-corrected chi connectivity index (χ0v) is 12.8. The van der Waals surface area contributed by atoms with Crippen LogP contribution in [0.5, 0.6) is 0 Å². The van der Waals surface area contributed by atoms with Gasteiger partial charge in [0.05, 0.1) is 11.4 Å². The van der Waals surface area contributed by atoms with Gasteiger partial charge in [0, 0.05) is 19.6 Å². The Morgan fingerprint density at radius 1 is 1.20 bits per heavy atom. The standard InChI is InChI=1S/C18H28N2/c1-2-6-15-7-5-13-20(14-11-15)17-10-3-8-16-9-4-12-19-18(16)17/h3,8,10,15,19H,2,4-7,9,11-14H2,1H3. The number of fused-ring (bicyclic) bond motifs is 1. The van der Waals surface area contributed by atoms with E-state index >= 15 is 0 Å². The van der Waals surface area contributed by atoms with E-state index in [0.29, 0.717) is 0 Å². The van der Waals surface area contributed by atoms with Crippen molar-refractivity contribution in [3.63, 3.8) is 0 Å². The van der Waals surface area contributed by atoms with E-state index in [0.717, 1.165) is 12.5 Å². The molecule has 2 heterocycles. The van der Waals surface area contributed by atoms with E-state index in [1.807, 2.05) is 0 Å². The van der Waals surface area contributed by atoms with Crippen LogP contribution in [0.1, 0.15) is 51.0 Å². The monoisotopic (exact) mass is 272 g/mol. The van der Waals surface area contributed by atoms with Gasteiger partial charge in [-0.1, -0.05) is 31.9 Å². The smallest absolute Gasteiger partial charge is 0.0610 e. The van der Waals surface area contributed by atoms with Gasteiger partial charge in [-0.2, -0.15) is 0 Å². The van der Waals surface area contributed by atoms with Crippen molar-refractivity contribution in [3.05, 3.63) is 23.8 Å². The fourth-order valence-electron chi connectivity index (χ4n) is 3.86. The van der Waals surface area contributed by atoms with Crippen molar-refractivity contribution >= 4 is 11.4 Å². The quantitative estimate of drug-likeness (QED) is 0.874. The summed E-state index contributed by atoms with van der Waals surface area (Å²) >= 11 is 0. The van der Waals surface area contributed by atoms with Gasteiger partial charge in [-0.3, -0.25) is 0 Å². The molecule has 110 valence electrons. The summed E-state index contributed by atoms with van der Waals surface area (Å²) in [7, 11) is 0. The number of rotatable bonds is 3. The van der Waals surface area contributed by atoms with Crippen molar-refractivity contribution in [2.45, 2.75) is 51.9 Å². The minimum Gasteiger partial charge on any atom is -0.383 e. The lowest BCUT2D eigenvalue weighted by Gasteiger charge is -2.29. The van der Waals surface area contributed by atoms with Gasteiger partial charge in [-0.05, 0) is 49.7 Å². The van der Waals surface area contributed by atoms with Gasteiger partial charge in [0.15, 0.2) is 0 Å². The zero-order valence-electron chi connectivity index (χ0n) is 12.8. The summed E-state index contributed by atoms with van der Waals surface area (Å²) in [6.07, 6.45) is 9.42. The van der Waals surface area contributed by atoms with E-state index in [-0.39, 0.29) is 0 Å². The second-order valence-electron chi connectivity index (χ2n) is 6.41. The third-order valence-electron chi connectivity index (χ3n) is 4.94. The molecule has 2 heteroatoms. The summed E-state index contributed by atoms with van der Waals surface area (Å²) < 4.78 is 0. The molecule has 1 fully saturated rings. The average Bonchev–Trinajstić information content (AvgIpc) is 2.73. The van der Waals surface area contributed by atoms with Crippen molar-refractivity contribution in [2.75, 3.05) is 29.9 Å². The first kappa shape index (κ1) is 13.8. The van der Waals surface area contributed by atoms with Crippen LogP contribution in [0.2, 0.25) is 0 Å². The van der Waals surface area contributed by atoms with E-state index in [2.05, 4.69) is 35.3 Å². The number of aryl methyl sites for hydroxylation is 1. The number of hydrogen-bond acceptors (Lipinski definition) is 2. The topological polar surface area (TPSA) is 15.3 Å². The zero-order chi connectivity index (χ0) is 13.8. The minimum atomic E-state index is 0.956. The van der Waals surface area contributed by atoms with Crippen LogP contribution in [-0.4, -0.2) is 19.6 Å². The molecule has 1 saturated heterocycles. The normalized spacial score (nSPS) is 22.9. The fraction of sp³-hybridized carbons (Fsp3) is 0.667. The fourth-order valence-corrected chi connectivity index (χ4v) is 3.86. The van der Waals surface area contributed by atoms with Crippen molar-refractivity contribution in [1.82, 2.24) is 0 Å². The van der Waals surface area contributed by atoms with E-state index in [1.165, 1.54) is 75.0 Å². The maximum absolute atomic E-state index is 3.64. The van der Waals surface area contributed by atoms with Gasteiger partial charge >= 0.3 is 0 Å². The summed E-state index contributed by atoms with van der Waals surface area (Å²) in [4.78, 5) is 2.63. The average molecular weight is 272 g/mol. The van der Waals surface area contributed by atoms with Gasteiger partial charge < -0.3 is 10.2 Å². The largest absolute Gasteiger partial charge is 0.383 e. The summed E-state index contributed by atoms with van der Waals surface area (Å²) in [5, 5.41) is 3.64. The van der Waals surface area contributed by atoms with Gasteiger partial charge in [0.2, 0.25) is 0 Å². The van der Waals surface area contributed by atoms with Crippen LogP contribution < -0.4 is 10.2 Å². The lowest BCUT2D eigenvalue weighted by atomic mass is 9.96. The number of anilines is 2. The Bertz CT molecular complexity index is 441. The Morgan fingerprint density at radius 3 is 3.05 bits per heavy atom. The highest BCUT2D eigenvalue weighted by Gasteiger charge is 2.20. The molecule has 0 aromatic heterocycles. The van der Waals surface area contributed by atoms with Crippen LogP contribution in [0.4, 0.5) is 11.4 Å². The molecule has 0 aliphatic carbocycles. The van der Waals surface area contributed by atoms with E-state index < -0.39 is 0 Å². The maximum atomic E-state index is 3.64. The second kappa shape index (κ2) is 6.51. The molecule has 1 aromatic rings. The number of nitrogens with one attached hydrogen (secondary N) is 1. The van der Waals surface area contributed by atoms with Crippen molar-refractivity contribution < 1.29 is 0 Å². The van der Waals surface area contributed by atoms with Crippen LogP contribution in [0, 0.1) is 5.92 Å². The maximum Gasteiger partial charge on any atom is 0.0610 e. The third kappa shape index (κ3) is 2.94. The molecule has 1 atom stereocenters. The van der Waals surface area contributed by atoms with Gasteiger partial charge in [0.25, 0.3) is 0 Å². The van der Waals surface area contributed by atoms with Crippen LogP contribution >= 0.6 is 0 Å². The highest BCUT2D eigenvalue weighted by atomic mass is 15.1. The van der Waals surface area contributed by atoms with Gasteiger partial charge in [0.1, 0.15) is 0 Å². The molecule has 1 unspecified atom stereocenters. The van der Waals surface area contributed by atoms with Crippen LogP contribution in [0.3, 0.4) is 0 Å². The lowest BCUT2D eigenvalue weighted by molar-refractivity contribution is 0.435. The molecule has 0 spiro atoms. The SMILES string of the molecule is CCCC1CCCN(c2cccc3c2NCCC3)CC1. The Labute approximate surface area is 123 Å². The first-order valence-corrected chi connectivity index (χ1v) is 8.49. The number of benzene rings is 1. The summed E-state index contributed by atoms with van der Waals surface area (Å²) in [6, 6.07) is 6.86. The first-order valence-electron chi connectivity index (χ1n) is 8.49. The molecule has 1 aromatic carbocycles. The van der Waals surface area contributed by atoms with Gasteiger partial charge in [-0.15, -0.1) is 0 Å². The Hall–Kier alpha value is -1.18. The minimum absolute atomic E-state index is 0.956. The van der Waals surface area contributed by atoms with Crippen molar-refractivity contribution in [2.24, 2.45) is 5.92 Å². The Kier molecular flexibility index (Phi) is 4.49. The Balaban J connectivity index is 1.76. The molecule has 2 aliphatic rings. The molecular weight excluding hydrogens is 244 g/mol.